The first-order valence-corrected chi connectivity index (χ1v) is 9.91. The molecule has 0 radical (unpaired) electrons. The van der Waals surface area contributed by atoms with Crippen molar-refractivity contribution >= 4 is 10.9 Å². The number of imidazole rings is 1. The molecule has 142 valence electrons. The number of nitrogens with zero attached hydrogens (tertiary/aromatic N) is 3. The highest BCUT2D eigenvalue weighted by Crippen LogP contribution is 2.34. The molecule has 0 aliphatic rings. The zero-order valence-electron chi connectivity index (χ0n) is 16.9. The fourth-order valence-corrected chi connectivity index (χ4v) is 4.40. The average molecular weight is 377 g/mol. The molecule has 5 rings (SSSR count). The van der Waals surface area contributed by atoms with Gasteiger partial charge in [-0.15, -0.1) is 0 Å². The third kappa shape index (κ3) is 2.87. The van der Waals surface area contributed by atoms with E-state index in [-0.39, 0.29) is 0 Å². The molecule has 5 aromatic rings. The Kier molecular flexibility index (Phi) is 4.09. The number of rotatable bonds is 3. The summed E-state index contributed by atoms with van der Waals surface area (Å²) in [6, 6.07) is 23.5. The molecule has 3 heteroatoms. The van der Waals surface area contributed by atoms with Crippen molar-refractivity contribution in [1.82, 2.24) is 14.1 Å². The Bertz CT molecular complexity index is 1300. The van der Waals surface area contributed by atoms with Crippen molar-refractivity contribution in [2.45, 2.75) is 20.8 Å². The second kappa shape index (κ2) is 6.78. The van der Waals surface area contributed by atoms with Crippen LogP contribution in [0, 0.1) is 20.8 Å². The lowest BCUT2D eigenvalue weighted by Gasteiger charge is -2.15. The van der Waals surface area contributed by atoms with Crippen LogP contribution in [0.2, 0.25) is 0 Å². The number of aromatic nitrogens is 3. The summed E-state index contributed by atoms with van der Waals surface area (Å²) in [7, 11) is 0. The molecular weight excluding hydrogens is 354 g/mol. The summed E-state index contributed by atoms with van der Waals surface area (Å²) in [5.74, 6) is 0.964. The van der Waals surface area contributed by atoms with Crippen LogP contribution in [-0.4, -0.2) is 14.1 Å². The quantitative estimate of drug-likeness (QED) is 0.356. The Hall–Kier alpha value is -3.59. The monoisotopic (exact) mass is 377 g/mol. The van der Waals surface area contributed by atoms with Crippen LogP contribution in [0.25, 0.3) is 33.7 Å². The summed E-state index contributed by atoms with van der Waals surface area (Å²) >= 11 is 0. The van der Waals surface area contributed by atoms with E-state index in [9.17, 15) is 0 Å². The van der Waals surface area contributed by atoms with E-state index in [1.54, 1.807) is 0 Å². The van der Waals surface area contributed by atoms with Gasteiger partial charge in [-0.25, -0.2) is 4.98 Å². The topological polar surface area (TPSA) is 22.8 Å². The van der Waals surface area contributed by atoms with Gasteiger partial charge in [0.1, 0.15) is 5.82 Å². The van der Waals surface area contributed by atoms with Gasteiger partial charge in [-0.05, 0) is 50.1 Å². The second-order valence-electron chi connectivity index (χ2n) is 7.63. The van der Waals surface area contributed by atoms with E-state index in [4.69, 9.17) is 4.98 Å². The molecular formula is C26H23N3. The summed E-state index contributed by atoms with van der Waals surface area (Å²) in [6.45, 7) is 6.49. The van der Waals surface area contributed by atoms with Crippen LogP contribution in [0.15, 0.2) is 85.3 Å². The highest BCUT2D eigenvalue weighted by Gasteiger charge is 2.17. The van der Waals surface area contributed by atoms with Crippen molar-refractivity contribution in [1.29, 1.82) is 0 Å². The van der Waals surface area contributed by atoms with Gasteiger partial charge in [0.15, 0.2) is 0 Å². The van der Waals surface area contributed by atoms with Gasteiger partial charge in [0.05, 0.1) is 11.2 Å². The van der Waals surface area contributed by atoms with E-state index in [1.165, 1.54) is 33.3 Å². The lowest BCUT2D eigenvalue weighted by molar-refractivity contribution is 1.03. The molecule has 3 aromatic carbocycles. The van der Waals surface area contributed by atoms with Crippen LogP contribution in [0.5, 0.6) is 0 Å². The summed E-state index contributed by atoms with van der Waals surface area (Å²) in [5, 5.41) is 1.20. The molecule has 0 aliphatic heterocycles. The van der Waals surface area contributed by atoms with Gasteiger partial charge < -0.3 is 4.57 Å². The van der Waals surface area contributed by atoms with Crippen molar-refractivity contribution in [2.24, 2.45) is 0 Å². The molecule has 0 aliphatic carbocycles. The van der Waals surface area contributed by atoms with Crippen molar-refractivity contribution in [3.63, 3.8) is 0 Å². The van der Waals surface area contributed by atoms with Crippen LogP contribution < -0.4 is 0 Å². The van der Waals surface area contributed by atoms with Gasteiger partial charge in [0.2, 0.25) is 0 Å². The van der Waals surface area contributed by atoms with E-state index >= 15 is 0 Å². The number of para-hydroxylation sites is 2. The zero-order valence-corrected chi connectivity index (χ0v) is 16.9. The number of benzene rings is 3. The van der Waals surface area contributed by atoms with E-state index in [0.29, 0.717) is 0 Å². The van der Waals surface area contributed by atoms with Crippen molar-refractivity contribution in [3.05, 3.63) is 102 Å². The number of fused-ring (bicyclic) bond motifs is 1. The van der Waals surface area contributed by atoms with Gasteiger partial charge >= 0.3 is 0 Å². The molecule has 2 heterocycles. The predicted octanol–water partition coefficient (Wildman–Crippen LogP) is 6.41. The smallest absolute Gasteiger partial charge is 0.146 e. The lowest BCUT2D eigenvalue weighted by atomic mass is 10.0. The standard InChI is InChI=1S/C26H23N3/c1-18-15-19(2)25(20(3)16-18)28-14-13-27-26(28)23-17-29(21-9-5-4-6-10-21)24-12-8-7-11-22(23)24/h4-17H,1-3H3. The Morgan fingerprint density at radius 3 is 2.21 bits per heavy atom. The lowest BCUT2D eigenvalue weighted by Crippen LogP contribution is -2.02. The first-order chi connectivity index (χ1) is 14.1. The third-order valence-corrected chi connectivity index (χ3v) is 5.50. The normalized spacial score (nSPS) is 11.3. The first-order valence-electron chi connectivity index (χ1n) is 9.91. The van der Waals surface area contributed by atoms with E-state index in [1.807, 2.05) is 12.3 Å². The predicted molar refractivity (Wildman–Crippen MR) is 120 cm³/mol. The summed E-state index contributed by atoms with van der Waals surface area (Å²) < 4.78 is 4.47. The van der Waals surface area contributed by atoms with Crippen LogP contribution in [-0.2, 0) is 0 Å². The Labute approximate surface area is 170 Å². The molecule has 0 spiro atoms. The van der Waals surface area contributed by atoms with Gasteiger partial charge in [-0.2, -0.15) is 0 Å². The highest BCUT2D eigenvalue weighted by atomic mass is 15.1. The average Bonchev–Trinajstić information content (AvgIpc) is 3.32. The minimum Gasteiger partial charge on any atom is -0.316 e. The maximum absolute atomic E-state index is 4.77. The summed E-state index contributed by atoms with van der Waals surface area (Å²) in [6.07, 6.45) is 6.16. The fraction of sp³-hybridized carbons (Fsp3) is 0.115. The summed E-state index contributed by atoms with van der Waals surface area (Å²) in [5.41, 5.74) is 8.47. The molecule has 0 N–H and O–H groups in total. The molecule has 0 atom stereocenters. The van der Waals surface area contributed by atoms with Crippen LogP contribution in [0.3, 0.4) is 0 Å². The summed E-state index contributed by atoms with van der Waals surface area (Å²) in [4.78, 5) is 4.77. The van der Waals surface area contributed by atoms with E-state index in [2.05, 4.69) is 103 Å². The molecule has 0 bridgehead atoms. The van der Waals surface area contributed by atoms with Gasteiger partial charge in [0, 0.05) is 35.2 Å². The van der Waals surface area contributed by atoms with E-state index in [0.717, 1.165) is 17.1 Å². The minimum atomic E-state index is 0.964. The number of aryl methyl sites for hydroxylation is 3. The van der Waals surface area contributed by atoms with Crippen molar-refractivity contribution in [2.75, 3.05) is 0 Å². The molecule has 0 saturated carbocycles. The highest BCUT2D eigenvalue weighted by molar-refractivity contribution is 5.96. The van der Waals surface area contributed by atoms with Crippen LogP contribution in [0.4, 0.5) is 0 Å². The zero-order chi connectivity index (χ0) is 20.0. The molecule has 29 heavy (non-hydrogen) atoms. The Balaban J connectivity index is 1.77. The van der Waals surface area contributed by atoms with Gasteiger partial charge in [0.25, 0.3) is 0 Å². The SMILES string of the molecule is Cc1cc(C)c(-n2ccnc2-c2cn(-c3ccccc3)c3ccccc23)c(C)c1. The second-order valence-corrected chi connectivity index (χ2v) is 7.63. The first kappa shape index (κ1) is 17.5. The van der Waals surface area contributed by atoms with Crippen molar-refractivity contribution < 1.29 is 0 Å². The molecule has 0 unspecified atom stereocenters. The van der Waals surface area contributed by atoms with Gasteiger partial charge in [-0.3, -0.25) is 4.57 Å². The fourth-order valence-electron chi connectivity index (χ4n) is 4.40. The van der Waals surface area contributed by atoms with Crippen molar-refractivity contribution in [3.8, 4) is 22.8 Å². The molecule has 2 aromatic heterocycles. The van der Waals surface area contributed by atoms with Crippen LogP contribution in [0.1, 0.15) is 16.7 Å². The molecule has 0 saturated heterocycles. The largest absolute Gasteiger partial charge is 0.316 e. The van der Waals surface area contributed by atoms with E-state index < -0.39 is 0 Å². The maximum atomic E-state index is 4.77. The molecule has 0 fully saturated rings. The minimum absolute atomic E-state index is 0.964. The Morgan fingerprint density at radius 1 is 0.759 bits per heavy atom. The number of hydrogen-bond acceptors (Lipinski definition) is 1. The number of hydrogen-bond donors (Lipinski definition) is 0. The van der Waals surface area contributed by atoms with Gasteiger partial charge in [-0.1, -0.05) is 54.1 Å². The maximum Gasteiger partial charge on any atom is 0.146 e. The van der Waals surface area contributed by atoms with Crippen LogP contribution >= 0.6 is 0 Å². The molecule has 3 nitrogen and oxygen atoms in total. The third-order valence-electron chi connectivity index (χ3n) is 5.50. The molecule has 0 amide bonds. The Morgan fingerprint density at radius 2 is 1.45 bits per heavy atom.